The van der Waals surface area contributed by atoms with Crippen molar-refractivity contribution in [2.75, 3.05) is 0 Å². The molecule has 0 amide bonds. The molecule has 2 nitrogen and oxygen atoms in total. The van der Waals surface area contributed by atoms with Crippen molar-refractivity contribution in [3.63, 3.8) is 0 Å². The summed E-state index contributed by atoms with van der Waals surface area (Å²) < 4.78 is 0. The summed E-state index contributed by atoms with van der Waals surface area (Å²) in [5.41, 5.74) is 0. The van der Waals surface area contributed by atoms with Crippen molar-refractivity contribution in [1.82, 2.24) is 0 Å². The van der Waals surface area contributed by atoms with Gasteiger partial charge in [-0.05, 0) is 30.4 Å². The highest BCUT2D eigenvalue weighted by atomic mass is 35.5. The van der Waals surface area contributed by atoms with Gasteiger partial charge in [0.1, 0.15) is 5.78 Å². The fourth-order valence-electron chi connectivity index (χ4n) is 0.871. The van der Waals surface area contributed by atoms with Gasteiger partial charge in [0, 0.05) is 6.42 Å². The Balaban J connectivity index is 2.14. The smallest absolute Gasteiger partial charge is 0.229 e. The van der Waals surface area contributed by atoms with Crippen molar-refractivity contribution in [2.45, 2.75) is 25.7 Å². The minimum Gasteiger partial charge on any atom is -0.299 e. The number of ketones is 1. The second-order valence-electron chi connectivity index (χ2n) is 2.72. The van der Waals surface area contributed by atoms with Crippen LogP contribution in [0.4, 0.5) is 0 Å². The lowest BCUT2D eigenvalue weighted by Crippen LogP contribution is -2.02. The number of hydrogen-bond acceptors (Lipinski definition) is 2. The van der Waals surface area contributed by atoms with Crippen LogP contribution in [-0.4, -0.2) is 11.0 Å². The van der Waals surface area contributed by atoms with Gasteiger partial charge in [0.05, 0.1) is 6.42 Å². The molecule has 56 valence electrons. The standard InChI is InChI=1S/C7H9ClO2/c8-7(10)4-6(9)3-5-1-2-5/h5H,1-4H2. The van der Waals surface area contributed by atoms with E-state index in [4.69, 9.17) is 11.6 Å². The largest absolute Gasteiger partial charge is 0.299 e. The number of rotatable bonds is 4. The molecule has 0 aromatic heterocycles. The summed E-state index contributed by atoms with van der Waals surface area (Å²) in [5, 5.41) is -0.536. The summed E-state index contributed by atoms with van der Waals surface area (Å²) >= 11 is 5.02. The molecule has 0 aromatic carbocycles. The molecule has 1 saturated carbocycles. The van der Waals surface area contributed by atoms with Gasteiger partial charge in [0.15, 0.2) is 0 Å². The minimum atomic E-state index is -0.536. The van der Waals surface area contributed by atoms with Gasteiger partial charge in [0.25, 0.3) is 0 Å². The molecule has 0 atom stereocenters. The van der Waals surface area contributed by atoms with Gasteiger partial charge in [0.2, 0.25) is 5.24 Å². The fourth-order valence-corrected chi connectivity index (χ4v) is 1.02. The molecule has 3 heteroatoms. The van der Waals surface area contributed by atoms with E-state index in [1.165, 1.54) is 0 Å². The van der Waals surface area contributed by atoms with Gasteiger partial charge in [-0.1, -0.05) is 0 Å². The van der Waals surface area contributed by atoms with Crippen molar-refractivity contribution < 1.29 is 9.59 Å². The minimum absolute atomic E-state index is 0.0116. The van der Waals surface area contributed by atoms with Gasteiger partial charge in [-0.2, -0.15) is 0 Å². The van der Waals surface area contributed by atoms with E-state index in [1.54, 1.807) is 0 Å². The Morgan fingerprint density at radius 1 is 1.40 bits per heavy atom. The lowest BCUT2D eigenvalue weighted by Gasteiger charge is -1.91. The quantitative estimate of drug-likeness (QED) is 0.462. The van der Waals surface area contributed by atoms with Crippen LogP contribution >= 0.6 is 11.6 Å². The normalized spacial score (nSPS) is 16.9. The van der Waals surface area contributed by atoms with Gasteiger partial charge in [-0.15, -0.1) is 0 Å². The summed E-state index contributed by atoms with van der Waals surface area (Å²) in [7, 11) is 0. The van der Waals surface area contributed by atoms with Gasteiger partial charge >= 0.3 is 0 Å². The number of carbonyl (C=O) groups excluding carboxylic acids is 2. The third-order valence-corrected chi connectivity index (χ3v) is 1.68. The van der Waals surface area contributed by atoms with Crippen LogP contribution in [-0.2, 0) is 9.59 Å². The highest BCUT2D eigenvalue weighted by Gasteiger charge is 2.24. The Labute approximate surface area is 64.5 Å². The van der Waals surface area contributed by atoms with Crippen LogP contribution in [0.15, 0.2) is 0 Å². The average Bonchev–Trinajstić information content (AvgIpc) is 2.46. The molecule has 1 rings (SSSR count). The van der Waals surface area contributed by atoms with Crippen LogP contribution < -0.4 is 0 Å². The first-order valence-electron chi connectivity index (χ1n) is 3.38. The average molecular weight is 161 g/mol. The molecule has 0 bridgehead atoms. The Hall–Kier alpha value is -0.370. The predicted octanol–water partition coefficient (Wildman–Crippen LogP) is 1.51. The molecule has 0 aliphatic heterocycles. The van der Waals surface area contributed by atoms with E-state index in [9.17, 15) is 9.59 Å². The van der Waals surface area contributed by atoms with E-state index >= 15 is 0 Å². The monoisotopic (exact) mass is 160 g/mol. The molecule has 0 radical (unpaired) electrons. The van der Waals surface area contributed by atoms with Crippen molar-refractivity contribution >= 4 is 22.6 Å². The molecular weight excluding hydrogens is 152 g/mol. The zero-order chi connectivity index (χ0) is 7.56. The van der Waals surface area contributed by atoms with Crippen LogP contribution in [0.2, 0.25) is 0 Å². The predicted molar refractivity (Wildman–Crippen MR) is 37.8 cm³/mol. The van der Waals surface area contributed by atoms with Gasteiger partial charge in [-0.3, -0.25) is 9.59 Å². The molecule has 1 aliphatic rings. The zero-order valence-electron chi connectivity index (χ0n) is 5.60. The number of carbonyl (C=O) groups is 2. The second-order valence-corrected chi connectivity index (χ2v) is 3.14. The number of Topliss-reactive ketones (excluding diaryl/α,β-unsaturated/α-hetero) is 1. The van der Waals surface area contributed by atoms with E-state index in [-0.39, 0.29) is 12.2 Å². The molecule has 0 unspecified atom stereocenters. The van der Waals surface area contributed by atoms with E-state index in [0.717, 1.165) is 12.8 Å². The number of hydrogen-bond donors (Lipinski definition) is 0. The first-order chi connectivity index (χ1) is 4.68. The van der Waals surface area contributed by atoms with E-state index in [2.05, 4.69) is 0 Å². The van der Waals surface area contributed by atoms with E-state index < -0.39 is 5.24 Å². The summed E-state index contributed by atoms with van der Waals surface area (Å²) in [5.74, 6) is 0.547. The Bertz CT molecular complexity index is 161. The molecular formula is C7H9ClO2. The van der Waals surface area contributed by atoms with Crippen molar-refractivity contribution in [3.8, 4) is 0 Å². The van der Waals surface area contributed by atoms with Crippen LogP contribution in [0.5, 0.6) is 0 Å². The highest BCUT2D eigenvalue weighted by molar-refractivity contribution is 6.64. The van der Waals surface area contributed by atoms with Crippen molar-refractivity contribution in [1.29, 1.82) is 0 Å². The third-order valence-electron chi connectivity index (χ3n) is 1.55. The molecule has 0 saturated heterocycles. The Kier molecular flexibility index (Phi) is 2.44. The van der Waals surface area contributed by atoms with Crippen molar-refractivity contribution in [3.05, 3.63) is 0 Å². The molecule has 10 heavy (non-hydrogen) atoms. The summed E-state index contributed by atoms with van der Waals surface area (Å²) in [6.07, 6.45) is 2.75. The summed E-state index contributed by atoms with van der Waals surface area (Å²) in [6.45, 7) is 0. The highest BCUT2D eigenvalue weighted by Crippen LogP contribution is 2.32. The zero-order valence-corrected chi connectivity index (χ0v) is 6.36. The Morgan fingerprint density at radius 3 is 2.40 bits per heavy atom. The first kappa shape index (κ1) is 7.73. The molecule has 0 spiro atoms. The summed E-state index contributed by atoms with van der Waals surface area (Å²) in [4.78, 5) is 21.0. The topological polar surface area (TPSA) is 34.1 Å². The lowest BCUT2D eigenvalue weighted by atomic mass is 10.2. The first-order valence-corrected chi connectivity index (χ1v) is 3.76. The van der Waals surface area contributed by atoms with E-state index in [0.29, 0.717) is 12.3 Å². The van der Waals surface area contributed by atoms with Crippen LogP contribution in [0.1, 0.15) is 25.7 Å². The SMILES string of the molecule is O=C(Cl)CC(=O)CC1CC1. The van der Waals surface area contributed by atoms with Crippen LogP contribution in [0, 0.1) is 5.92 Å². The molecule has 0 heterocycles. The van der Waals surface area contributed by atoms with Gasteiger partial charge in [-0.25, -0.2) is 0 Å². The molecule has 0 N–H and O–H groups in total. The number of halogens is 1. The van der Waals surface area contributed by atoms with Gasteiger partial charge < -0.3 is 0 Å². The lowest BCUT2D eigenvalue weighted by molar-refractivity contribution is -0.123. The summed E-state index contributed by atoms with van der Waals surface area (Å²) in [6, 6.07) is 0. The second kappa shape index (κ2) is 3.15. The molecule has 1 fully saturated rings. The fraction of sp³-hybridized carbons (Fsp3) is 0.714. The third kappa shape index (κ3) is 2.97. The maximum Gasteiger partial charge on any atom is 0.229 e. The van der Waals surface area contributed by atoms with Crippen molar-refractivity contribution in [2.24, 2.45) is 5.92 Å². The van der Waals surface area contributed by atoms with Crippen LogP contribution in [0.25, 0.3) is 0 Å². The maximum atomic E-state index is 10.8. The Morgan fingerprint density at radius 2 is 2.00 bits per heavy atom. The van der Waals surface area contributed by atoms with E-state index in [1.807, 2.05) is 0 Å². The molecule has 1 aliphatic carbocycles. The van der Waals surface area contributed by atoms with Crippen LogP contribution in [0.3, 0.4) is 0 Å². The molecule has 0 aromatic rings. The maximum absolute atomic E-state index is 10.8.